The zero-order valence-electron chi connectivity index (χ0n) is 18.0. The molecule has 3 aromatic carbocycles. The number of nitrogens with one attached hydrogen (secondary N) is 2. The average Bonchev–Trinajstić information content (AvgIpc) is 3.20. The maximum atomic E-state index is 14.6. The van der Waals surface area contributed by atoms with Gasteiger partial charge in [-0.05, 0) is 71.8 Å². The average molecular weight is 451 g/mol. The largest absolute Gasteiger partial charge is 0.388 e. The molecule has 33 heavy (non-hydrogen) atoms. The number of aromatic amines is 1. The first-order valence-corrected chi connectivity index (χ1v) is 11.2. The zero-order valence-corrected chi connectivity index (χ0v) is 18.0. The number of aromatic nitrogens is 1. The van der Waals surface area contributed by atoms with Crippen LogP contribution in [0.1, 0.15) is 42.2 Å². The second kappa shape index (κ2) is 9.04. The number of fused-ring (bicyclic) bond motifs is 3. The molecule has 170 valence electrons. The van der Waals surface area contributed by atoms with Gasteiger partial charge in [0.05, 0.1) is 11.6 Å². The molecule has 1 aromatic heterocycles. The van der Waals surface area contributed by atoms with Crippen LogP contribution in [0.3, 0.4) is 0 Å². The van der Waals surface area contributed by atoms with Crippen LogP contribution in [0.4, 0.5) is 13.2 Å². The molecule has 5 rings (SSSR count). The third kappa shape index (κ3) is 4.41. The second-order valence-corrected chi connectivity index (χ2v) is 8.71. The number of aliphatic hydroxyl groups is 1. The third-order valence-electron chi connectivity index (χ3n) is 6.55. The molecule has 0 saturated carbocycles. The molecule has 3 N–H and O–H groups in total. The van der Waals surface area contributed by atoms with Crippen molar-refractivity contribution in [3.63, 3.8) is 0 Å². The van der Waals surface area contributed by atoms with E-state index in [0.29, 0.717) is 18.5 Å². The highest BCUT2D eigenvalue weighted by atomic mass is 19.1. The van der Waals surface area contributed by atoms with Crippen LogP contribution in [0.2, 0.25) is 0 Å². The first-order chi connectivity index (χ1) is 16.0. The molecule has 0 aliphatic carbocycles. The molecule has 0 fully saturated rings. The Morgan fingerprint density at radius 3 is 2.33 bits per heavy atom. The van der Waals surface area contributed by atoms with Gasteiger partial charge in [0.25, 0.3) is 0 Å². The van der Waals surface area contributed by atoms with E-state index in [4.69, 9.17) is 0 Å². The molecule has 0 bridgehead atoms. The minimum absolute atomic E-state index is 0.211. The molecule has 2 heterocycles. The maximum absolute atomic E-state index is 14.6. The Labute approximate surface area is 190 Å². The van der Waals surface area contributed by atoms with E-state index < -0.39 is 6.10 Å². The molecule has 1 aliphatic heterocycles. The number of H-pyrrole nitrogens is 1. The Hall–Kier alpha value is -3.09. The smallest absolute Gasteiger partial charge is 0.147 e. The minimum Gasteiger partial charge on any atom is -0.388 e. The normalized spacial score (nSPS) is 16.7. The fraction of sp³-hybridized carbons (Fsp3) is 0.259. The first-order valence-electron chi connectivity index (χ1n) is 11.2. The van der Waals surface area contributed by atoms with Gasteiger partial charge >= 0.3 is 0 Å². The van der Waals surface area contributed by atoms with E-state index in [2.05, 4.69) is 10.3 Å². The van der Waals surface area contributed by atoms with Crippen molar-refractivity contribution in [3.8, 4) is 11.1 Å². The summed E-state index contributed by atoms with van der Waals surface area (Å²) in [4.78, 5) is 3.29. The molecule has 0 spiro atoms. The molecule has 2 unspecified atom stereocenters. The van der Waals surface area contributed by atoms with Gasteiger partial charge in [0.2, 0.25) is 0 Å². The summed E-state index contributed by atoms with van der Waals surface area (Å²) in [5.41, 5.74) is 4.99. The van der Waals surface area contributed by atoms with Crippen LogP contribution in [0.15, 0.2) is 60.7 Å². The van der Waals surface area contributed by atoms with Crippen LogP contribution in [0.25, 0.3) is 22.0 Å². The Morgan fingerprint density at radius 2 is 1.61 bits per heavy atom. The van der Waals surface area contributed by atoms with E-state index in [1.807, 2.05) is 0 Å². The summed E-state index contributed by atoms with van der Waals surface area (Å²) >= 11 is 0. The quantitative estimate of drug-likeness (QED) is 0.329. The monoisotopic (exact) mass is 450 g/mol. The third-order valence-corrected chi connectivity index (χ3v) is 6.55. The molecule has 2 atom stereocenters. The van der Waals surface area contributed by atoms with Crippen molar-refractivity contribution in [1.82, 2.24) is 10.3 Å². The molecular formula is C27H25F3N2O. The van der Waals surface area contributed by atoms with Crippen LogP contribution in [-0.4, -0.2) is 16.1 Å². The van der Waals surface area contributed by atoms with Crippen LogP contribution in [0, 0.1) is 17.5 Å². The molecule has 3 nitrogen and oxygen atoms in total. The summed E-state index contributed by atoms with van der Waals surface area (Å²) in [7, 11) is 0. The number of halogens is 3. The number of aliphatic hydroxyl groups excluding tert-OH is 1. The highest BCUT2D eigenvalue weighted by Gasteiger charge is 2.25. The number of benzene rings is 3. The summed E-state index contributed by atoms with van der Waals surface area (Å²) in [5, 5.41) is 14.8. The fourth-order valence-electron chi connectivity index (χ4n) is 4.81. The Bertz CT molecular complexity index is 1270. The topological polar surface area (TPSA) is 48.0 Å². The molecule has 1 aliphatic rings. The first kappa shape index (κ1) is 21.7. The Kier molecular flexibility index (Phi) is 5.96. The lowest BCUT2D eigenvalue weighted by Gasteiger charge is -2.25. The van der Waals surface area contributed by atoms with E-state index in [0.717, 1.165) is 52.6 Å². The number of hydrogen-bond donors (Lipinski definition) is 3. The van der Waals surface area contributed by atoms with Crippen LogP contribution in [-0.2, 0) is 13.0 Å². The standard InChI is InChI=1S/C27H25F3N2O/c28-18-8-4-16(5-9-18)21-12-13-23(30)27-26(21)22-15-31-20(14-24(22)32-27)2-1-3-25(33)17-6-10-19(29)11-7-17/h4-13,20,25,31-33H,1-3,14-15H2. The summed E-state index contributed by atoms with van der Waals surface area (Å²) in [5.74, 6) is -0.919. The molecule has 0 radical (unpaired) electrons. The fourth-order valence-corrected chi connectivity index (χ4v) is 4.81. The van der Waals surface area contributed by atoms with Crippen molar-refractivity contribution in [1.29, 1.82) is 0 Å². The van der Waals surface area contributed by atoms with Gasteiger partial charge in [-0.15, -0.1) is 0 Å². The maximum Gasteiger partial charge on any atom is 0.147 e. The lowest BCUT2D eigenvalue weighted by atomic mass is 9.93. The second-order valence-electron chi connectivity index (χ2n) is 8.71. The van der Waals surface area contributed by atoms with Gasteiger partial charge in [-0.2, -0.15) is 0 Å². The zero-order chi connectivity index (χ0) is 22.9. The highest BCUT2D eigenvalue weighted by molar-refractivity contribution is 5.99. The number of hydrogen-bond acceptors (Lipinski definition) is 2. The van der Waals surface area contributed by atoms with E-state index in [1.54, 1.807) is 30.3 Å². The minimum atomic E-state index is -0.620. The SMILES string of the molecule is OC(CCCC1Cc2[nH]c3c(F)ccc(-c4ccc(F)cc4)c3c2CN1)c1ccc(F)cc1. The van der Waals surface area contributed by atoms with Gasteiger partial charge in [0, 0.05) is 30.1 Å². The van der Waals surface area contributed by atoms with Gasteiger partial charge in [0.1, 0.15) is 17.5 Å². The van der Waals surface area contributed by atoms with E-state index in [-0.39, 0.29) is 23.5 Å². The number of rotatable bonds is 6. The lowest BCUT2D eigenvalue weighted by Crippen LogP contribution is -2.35. The van der Waals surface area contributed by atoms with Crippen molar-refractivity contribution in [2.45, 2.75) is 44.4 Å². The van der Waals surface area contributed by atoms with E-state index >= 15 is 0 Å². The van der Waals surface area contributed by atoms with Crippen LogP contribution in [0.5, 0.6) is 0 Å². The van der Waals surface area contributed by atoms with Crippen molar-refractivity contribution in [2.24, 2.45) is 0 Å². The highest BCUT2D eigenvalue weighted by Crippen LogP contribution is 2.36. The van der Waals surface area contributed by atoms with Gasteiger partial charge in [-0.3, -0.25) is 0 Å². The summed E-state index contributed by atoms with van der Waals surface area (Å²) in [6, 6.07) is 15.6. The van der Waals surface area contributed by atoms with Crippen LogP contribution >= 0.6 is 0 Å². The van der Waals surface area contributed by atoms with Gasteiger partial charge in [0.15, 0.2) is 0 Å². The molecule has 4 aromatic rings. The van der Waals surface area contributed by atoms with Crippen LogP contribution < -0.4 is 5.32 Å². The molecule has 6 heteroatoms. The van der Waals surface area contributed by atoms with E-state index in [1.165, 1.54) is 30.3 Å². The van der Waals surface area contributed by atoms with Gasteiger partial charge in [-0.25, -0.2) is 13.2 Å². The van der Waals surface area contributed by atoms with Crippen molar-refractivity contribution in [3.05, 3.63) is 94.9 Å². The molecular weight excluding hydrogens is 425 g/mol. The van der Waals surface area contributed by atoms with E-state index in [9.17, 15) is 18.3 Å². The van der Waals surface area contributed by atoms with Gasteiger partial charge in [-0.1, -0.05) is 30.3 Å². The predicted octanol–water partition coefficient (Wildman–Crippen LogP) is 6.17. The predicted molar refractivity (Wildman–Crippen MR) is 123 cm³/mol. The Balaban J connectivity index is 1.31. The molecule has 0 amide bonds. The summed E-state index contributed by atoms with van der Waals surface area (Å²) in [6.07, 6.45) is 2.37. The summed E-state index contributed by atoms with van der Waals surface area (Å²) in [6.45, 7) is 0.609. The van der Waals surface area contributed by atoms with Crippen molar-refractivity contribution in [2.75, 3.05) is 0 Å². The van der Waals surface area contributed by atoms with Gasteiger partial charge < -0.3 is 15.4 Å². The lowest BCUT2D eigenvalue weighted by molar-refractivity contribution is 0.161. The van der Waals surface area contributed by atoms with Crippen molar-refractivity contribution < 1.29 is 18.3 Å². The Morgan fingerprint density at radius 1 is 0.909 bits per heavy atom. The summed E-state index contributed by atoms with van der Waals surface area (Å²) < 4.78 is 41.1. The molecule has 0 saturated heterocycles. The van der Waals surface area contributed by atoms with Crippen molar-refractivity contribution >= 4 is 10.9 Å².